The van der Waals surface area contributed by atoms with E-state index in [1.165, 1.54) is 0 Å². The number of aliphatic hydroxyl groups excluding tert-OH is 1. The van der Waals surface area contributed by atoms with Crippen LogP contribution in [0.2, 0.25) is 0 Å². The van der Waals surface area contributed by atoms with Gasteiger partial charge in [0.1, 0.15) is 0 Å². The van der Waals surface area contributed by atoms with Gasteiger partial charge in [0.25, 0.3) is 0 Å². The number of hydrogen-bond acceptors (Lipinski definition) is 2. The van der Waals surface area contributed by atoms with Crippen LogP contribution in [0.3, 0.4) is 0 Å². The third-order valence-electron chi connectivity index (χ3n) is 2.94. The summed E-state index contributed by atoms with van der Waals surface area (Å²) in [5.74, 6) is 0. The second kappa shape index (κ2) is 3.65. The van der Waals surface area contributed by atoms with Gasteiger partial charge in [0.05, 0.1) is 6.10 Å². The predicted octanol–water partition coefficient (Wildman–Crippen LogP) is 2.15. The van der Waals surface area contributed by atoms with E-state index < -0.39 is 0 Å². The smallest absolute Gasteiger partial charge is 0.0561 e. The Morgan fingerprint density at radius 1 is 1.36 bits per heavy atom. The van der Waals surface area contributed by atoms with Crippen LogP contribution in [0.1, 0.15) is 24.8 Å². The van der Waals surface area contributed by atoms with Gasteiger partial charge in [0.2, 0.25) is 0 Å². The lowest BCUT2D eigenvalue weighted by molar-refractivity contribution is 0.174. The Morgan fingerprint density at radius 2 is 2.00 bits per heavy atom. The van der Waals surface area contributed by atoms with Gasteiger partial charge in [0.15, 0.2) is 0 Å². The van der Waals surface area contributed by atoms with E-state index in [2.05, 4.69) is 15.9 Å². The first-order chi connectivity index (χ1) is 6.60. The van der Waals surface area contributed by atoms with Crippen LogP contribution in [0.5, 0.6) is 0 Å². The van der Waals surface area contributed by atoms with Crippen LogP contribution in [0, 0.1) is 0 Å². The topological polar surface area (TPSA) is 46.2 Å². The van der Waals surface area contributed by atoms with Gasteiger partial charge in [-0.2, -0.15) is 0 Å². The predicted molar refractivity (Wildman–Crippen MR) is 59.9 cm³/mol. The standard InChI is InChI=1S/C11H14BrNO/c12-9-3-1-8(2-4-9)11(13)6-5-10(14)7-11/h1-4,10,14H,5-7,13H2. The molecular formula is C11H14BrNO. The highest BCUT2D eigenvalue weighted by atomic mass is 79.9. The molecule has 1 aliphatic rings. The summed E-state index contributed by atoms with van der Waals surface area (Å²) >= 11 is 3.39. The second-order valence-electron chi connectivity index (χ2n) is 4.06. The van der Waals surface area contributed by atoms with Crippen LogP contribution in [-0.4, -0.2) is 11.2 Å². The fraction of sp³-hybridized carbons (Fsp3) is 0.455. The average Bonchev–Trinajstić information content (AvgIpc) is 2.48. The van der Waals surface area contributed by atoms with E-state index in [1.807, 2.05) is 24.3 Å². The molecule has 1 aromatic rings. The largest absolute Gasteiger partial charge is 0.393 e. The molecule has 0 amide bonds. The summed E-state index contributed by atoms with van der Waals surface area (Å²) in [6.45, 7) is 0. The van der Waals surface area contributed by atoms with Crippen LogP contribution in [0.4, 0.5) is 0 Å². The normalized spacial score (nSPS) is 32.1. The van der Waals surface area contributed by atoms with Crippen LogP contribution < -0.4 is 5.73 Å². The highest BCUT2D eigenvalue weighted by Gasteiger charge is 2.36. The molecule has 76 valence electrons. The van der Waals surface area contributed by atoms with Crippen molar-refractivity contribution in [3.63, 3.8) is 0 Å². The van der Waals surface area contributed by atoms with Gasteiger partial charge in [-0.05, 0) is 37.0 Å². The maximum atomic E-state index is 9.49. The summed E-state index contributed by atoms with van der Waals surface area (Å²) in [6.07, 6.45) is 2.13. The SMILES string of the molecule is NC1(c2ccc(Br)cc2)CCC(O)C1. The molecule has 0 spiro atoms. The fourth-order valence-electron chi connectivity index (χ4n) is 2.09. The Bertz CT molecular complexity index is 325. The molecule has 0 heterocycles. The highest BCUT2D eigenvalue weighted by molar-refractivity contribution is 9.10. The number of aliphatic hydroxyl groups is 1. The first-order valence-electron chi connectivity index (χ1n) is 4.83. The molecule has 2 unspecified atom stereocenters. The average molecular weight is 256 g/mol. The van der Waals surface area contributed by atoms with E-state index in [0.29, 0.717) is 6.42 Å². The zero-order valence-electron chi connectivity index (χ0n) is 7.91. The molecule has 1 aromatic carbocycles. The Balaban J connectivity index is 2.26. The molecule has 0 bridgehead atoms. The number of nitrogens with two attached hydrogens (primary N) is 1. The number of halogens is 1. The van der Waals surface area contributed by atoms with Crippen molar-refractivity contribution in [3.05, 3.63) is 34.3 Å². The Hall–Kier alpha value is -0.380. The van der Waals surface area contributed by atoms with E-state index in [1.54, 1.807) is 0 Å². The van der Waals surface area contributed by atoms with Crippen molar-refractivity contribution in [2.24, 2.45) is 5.73 Å². The van der Waals surface area contributed by atoms with Gasteiger partial charge in [0, 0.05) is 10.0 Å². The minimum atomic E-state index is -0.319. The monoisotopic (exact) mass is 255 g/mol. The summed E-state index contributed by atoms with van der Waals surface area (Å²) in [5.41, 5.74) is 7.05. The summed E-state index contributed by atoms with van der Waals surface area (Å²) in [7, 11) is 0. The maximum absolute atomic E-state index is 9.49. The highest BCUT2D eigenvalue weighted by Crippen LogP contribution is 2.36. The minimum absolute atomic E-state index is 0.233. The molecule has 2 nitrogen and oxygen atoms in total. The number of rotatable bonds is 1. The molecule has 1 saturated carbocycles. The van der Waals surface area contributed by atoms with E-state index in [9.17, 15) is 5.11 Å². The summed E-state index contributed by atoms with van der Waals surface area (Å²) in [5, 5.41) is 9.49. The molecule has 2 atom stereocenters. The van der Waals surface area contributed by atoms with Crippen molar-refractivity contribution in [1.82, 2.24) is 0 Å². The van der Waals surface area contributed by atoms with E-state index >= 15 is 0 Å². The Kier molecular flexibility index (Phi) is 2.64. The molecule has 1 aliphatic carbocycles. The van der Waals surface area contributed by atoms with Gasteiger partial charge in [-0.15, -0.1) is 0 Å². The van der Waals surface area contributed by atoms with Gasteiger partial charge in [-0.3, -0.25) is 0 Å². The quantitative estimate of drug-likeness (QED) is 0.808. The molecule has 3 N–H and O–H groups in total. The van der Waals surface area contributed by atoms with Crippen molar-refractivity contribution in [1.29, 1.82) is 0 Å². The van der Waals surface area contributed by atoms with E-state index in [0.717, 1.165) is 22.9 Å². The molecule has 0 radical (unpaired) electrons. The summed E-state index contributed by atoms with van der Waals surface area (Å²) in [6, 6.07) is 8.05. The first-order valence-corrected chi connectivity index (χ1v) is 5.62. The molecule has 3 heteroatoms. The van der Waals surface area contributed by atoms with Crippen molar-refractivity contribution in [2.75, 3.05) is 0 Å². The number of hydrogen-bond donors (Lipinski definition) is 2. The lowest BCUT2D eigenvalue weighted by Crippen LogP contribution is -2.34. The summed E-state index contributed by atoms with van der Waals surface area (Å²) < 4.78 is 1.06. The molecule has 1 fully saturated rings. The lowest BCUT2D eigenvalue weighted by Gasteiger charge is -2.24. The van der Waals surface area contributed by atoms with E-state index in [4.69, 9.17) is 5.73 Å². The molecular weight excluding hydrogens is 242 g/mol. The Morgan fingerprint density at radius 3 is 2.50 bits per heavy atom. The lowest BCUT2D eigenvalue weighted by atomic mass is 9.89. The zero-order valence-corrected chi connectivity index (χ0v) is 9.50. The molecule has 0 saturated heterocycles. The third-order valence-corrected chi connectivity index (χ3v) is 3.47. The van der Waals surface area contributed by atoms with Crippen molar-refractivity contribution in [2.45, 2.75) is 30.9 Å². The van der Waals surface area contributed by atoms with Gasteiger partial charge >= 0.3 is 0 Å². The van der Waals surface area contributed by atoms with Crippen molar-refractivity contribution >= 4 is 15.9 Å². The zero-order chi connectivity index (χ0) is 10.2. The van der Waals surface area contributed by atoms with Crippen LogP contribution >= 0.6 is 15.9 Å². The molecule has 2 rings (SSSR count). The fourth-order valence-corrected chi connectivity index (χ4v) is 2.36. The maximum Gasteiger partial charge on any atom is 0.0561 e. The number of benzene rings is 1. The molecule has 14 heavy (non-hydrogen) atoms. The molecule has 0 aromatic heterocycles. The van der Waals surface area contributed by atoms with Crippen molar-refractivity contribution in [3.8, 4) is 0 Å². The first kappa shape index (κ1) is 10.1. The van der Waals surface area contributed by atoms with Gasteiger partial charge in [-0.1, -0.05) is 28.1 Å². The molecule has 0 aliphatic heterocycles. The Labute approximate surface area is 92.3 Å². The summed E-state index contributed by atoms with van der Waals surface area (Å²) in [4.78, 5) is 0. The van der Waals surface area contributed by atoms with Crippen LogP contribution in [0.25, 0.3) is 0 Å². The van der Waals surface area contributed by atoms with Gasteiger partial charge < -0.3 is 10.8 Å². The van der Waals surface area contributed by atoms with Crippen LogP contribution in [0.15, 0.2) is 28.7 Å². The van der Waals surface area contributed by atoms with E-state index in [-0.39, 0.29) is 11.6 Å². The second-order valence-corrected chi connectivity index (χ2v) is 4.98. The van der Waals surface area contributed by atoms with Gasteiger partial charge in [-0.25, -0.2) is 0 Å². The van der Waals surface area contributed by atoms with Crippen LogP contribution in [-0.2, 0) is 5.54 Å². The van der Waals surface area contributed by atoms with Crippen molar-refractivity contribution < 1.29 is 5.11 Å². The minimum Gasteiger partial charge on any atom is -0.393 e. The third kappa shape index (κ3) is 1.85.